The van der Waals surface area contributed by atoms with Gasteiger partial charge >= 0.3 is 0 Å². The second kappa shape index (κ2) is 10.7. The Morgan fingerprint density at radius 2 is 2.00 bits per heavy atom. The molecular formula is C22H27ClN2O5S. The van der Waals surface area contributed by atoms with Crippen molar-refractivity contribution in [3.63, 3.8) is 0 Å². The van der Waals surface area contributed by atoms with Crippen molar-refractivity contribution in [2.24, 2.45) is 5.14 Å². The number of carbonyl (C=O) groups excluding carboxylic acids is 1. The number of halogens is 1. The number of amides is 1. The number of likely N-dealkylation sites (N-methyl/N-ethyl adjacent to an activating group) is 1. The van der Waals surface area contributed by atoms with Crippen molar-refractivity contribution in [2.45, 2.75) is 31.2 Å². The fourth-order valence-corrected chi connectivity index (χ4v) is 3.67. The van der Waals surface area contributed by atoms with Crippen LogP contribution in [0.3, 0.4) is 0 Å². The van der Waals surface area contributed by atoms with Gasteiger partial charge in [-0.2, -0.15) is 0 Å². The summed E-state index contributed by atoms with van der Waals surface area (Å²) in [5.74, 6) is 0.680. The van der Waals surface area contributed by atoms with Crippen LogP contribution in [-0.2, 0) is 14.8 Å². The van der Waals surface area contributed by atoms with Gasteiger partial charge < -0.3 is 14.4 Å². The van der Waals surface area contributed by atoms with Crippen LogP contribution < -0.4 is 14.6 Å². The van der Waals surface area contributed by atoms with E-state index >= 15 is 0 Å². The maximum absolute atomic E-state index is 12.7. The molecule has 2 rings (SSSR count). The third kappa shape index (κ3) is 6.46. The number of primary sulfonamides is 1. The molecule has 168 valence electrons. The number of ether oxygens (including phenoxy) is 2. The van der Waals surface area contributed by atoms with Crippen LogP contribution in [0.5, 0.6) is 11.5 Å². The first kappa shape index (κ1) is 24.7. The molecule has 0 bridgehead atoms. The lowest BCUT2D eigenvalue weighted by Gasteiger charge is -2.24. The number of carbonyl (C=O) groups is 1. The molecule has 2 N–H and O–H groups in total. The fourth-order valence-electron chi connectivity index (χ4n) is 2.83. The summed E-state index contributed by atoms with van der Waals surface area (Å²) in [5, 5.41) is 5.59. The van der Waals surface area contributed by atoms with E-state index in [1.807, 2.05) is 6.92 Å². The lowest BCUT2D eigenvalue weighted by atomic mass is 10.1. The Hall–Kier alpha value is -2.55. The number of methoxy groups -OCH3 is 1. The minimum atomic E-state index is -3.82. The van der Waals surface area contributed by atoms with Gasteiger partial charge in [-0.15, -0.1) is 0 Å². The molecule has 1 amide bonds. The van der Waals surface area contributed by atoms with Crippen LogP contribution in [0.4, 0.5) is 0 Å². The molecule has 1 atom stereocenters. The molecule has 0 spiro atoms. The Morgan fingerprint density at radius 1 is 1.29 bits per heavy atom. The first-order valence-electron chi connectivity index (χ1n) is 9.66. The molecule has 0 radical (unpaired) electrons. The molecule has 9 heteroatoms. The number of benzene rings is 2. The molecule has 0 fully saturated rings. The van der Waals surface area contributed by atoms with Gasteiger partial charge in [0.25, 0.3) is 0 Å². The molecule has 0 saturated carbocycles. The van der Waals surface area contributed by atoms with Crippen LogP contribution in [-0.4, -0.2) is 40.0 Å². The van der Waals surface area contributed by atoms with E-state index in [1.165, 1.54) is 30.2 Å². The summed E-state index contributed by atoms with van der Waals surface area (Å²) in [6.45, 7) is 4.30. The molecule has 1 unspecified atom stereocenters. The molecule has 31 heavy (non-hydrogen) atoms. The van der Waals surface area contributed by atoms with Gasteiger partial charge in [0.15, 0.2) is 11.5 Å². The molecular weight excluding hydrogens is 440 g/mol. The van der Waals surface area contributed by atoms with Gasteiger partial charge in [-0.05, 0) is 54.8 Å². The van der Waals surface area contributed by atoms with Gasteiger partial charge in [0, 0.05) is 13.1 Å². The zero-order chi connectivity index (χ0) is 23.2. The van der Waals surface area contributed by atoms with Crippen molar-refractivity contribution in [2.75, 3.05) is 20.8 Å². The molecule has 0 aliphatic heterocycles. The van der Waals surface area contributed by atoms with Gasteiger partial charge in [-0.1, -0.05) is 30.7 Å². The van der Waals surface area contributed by atoms with E-state index in [0.717, 1.165) is 6.42 Å². The number of rotatable bonds is 9. The van der Waals surface area contributed by atoms with Gasteiger partial charge in [0.1, 0.15) is 0 Å². The second-order valence-corrected chi connectivity index (χ2v) is 8.93. The zero-order valence-electron chi connectivity index (χ0n) is 18.0. The largest absolute Gasteiger partial charge is 0.493 e. The highest BCUT2D eigenvalue weighted by Gasteiger charge is 2.18. The van der Waals surface area contributed by atoms with Crippen LogP contribution in [0.25, 0.3) is 6.08 Å². The molecule has 0 aliphatic rings. The standard InChI is InChI=1S/C22H27ClN2O5S/c1-5-11-30-22-19(23)12-16(13-20(22)29-4)9-10-21(26)25(3)15(2)17-7-6-8-18(14-17)31(24,27)28/h6-10,12-15H,5,11H2,1-4H3,(H2,24,27,28)/b10-9+. The predicted octanol–water partition coefficient (Wildman–Crippen LogP) is 4.02. The van der Waals surface area contributed by atoms with E-state index < -0.39 is 10.0 Å². The first-order valence-corrected chi connectivity index (χ1v) is 11.6. The van der Waals surface area contributed by atoms with Gasteiger partial charge in [-0.25, -0.2) is 13.6 Å². The molecule has 0 aliphatic carbocycles. The lowest BCUT2D eigenvalue weighted by Crippen LogP contribution is -2.28. The summed E-state index contributed by atoms with van der Waals surface area (Å²) >= 11 is 6.32. The second-order valence-electron chi connectivity index (χ2n) is 6.96. The van der Waals surface area contributed by atoms with E-state index in [-0.39, 0.29) is 16.8 Å². The van der Waals surface area contributed by atoms with E-state index in [2.05, 4.69) is 0 Å². The van der Waals surface area contributed by atoms with Crippen molar-refractivity contribution in [3.8, 4) is 11.5 Å². The van der Waals surface area contributed by atoms with Crippen molar-refractivity contribution in [3.05, 3.63) is 58.6 Å². The highest BCUT2D eigenvalue weighted by Crippen LogP contribution is 2.37. The van der Waals surface area contributed by atoms with Gasteiger partial charge in [0.2, 0.25) is 15.9 Å². The average molecular weight is 467 g/mol. The number of nitrogens with zero attached hydrogens (tertiary/aromatic N) is 1. The summed E-state index contributed by atoms with van der Waals surface area (Å²) in [7, 11) is -0.666. The minimum absolute atomic E-state index is 0.000333. The summed E-state index contributed by atoms with van der Waals surface area (Å²) in [6.07, 6.45) is 3.88. The molecule has 2 aromatic rings. The maximum Gasteiger partial charge on any atom is 0.246 e. The number of sulfonamides is 1. The van der Waals surface area contributed by atoms with Crippen LogP contribution in [0.15, 0.2) is 47.4 Å². The Bertz CT molecular complexity index is 1070. The third-order valence-corrected chi connectivity index (χ3v) is 5.91. The fraction of sp³-hybridized carbons (Fsp3) is 0.318. The van der Waals surface area contributed by atoms with Crippen LogP contribution in [0, 0.1) is 0 Å². The number of hydrogen-bond acceptors (Lipinski definition) is 5. The number of nitrogens with two attached hydrogens (primary N) is 1. The summed E-state index contributed by atoms with van der Waals surface area (Å²) in [6, 6.07) is 9.27. The van der Waals surface area contributed by atoms with E-state index in [1.54, 1.807) is 44.3 Å². The average Bonchev–Trinajstić information content (AvgIpc) is 2.74. The number of hydrogen-bond donors (Lipinski definition) is 1. The van der Waals surface area contributed by atoms with E-state index in [9.17, 15) is 13.2 Å². The highest BCUT2D eigenvalue weighted by molar-refractivity contribution is 7.89. The summed E-state index contributed by atoms with van der Waals surface area (Å²) in [5.41, 5.74) is 1.33. The lowest BCUT2D eigenvalue weighted by molar-refractivity contribution is -0.126. The minimum Gasteiger partial charge on any atom is -0.493 e. The Kier molecular flexibility index (Phi) is 8.50. The summed E-state index contributed by atoms with van der Waals surface area (Å²) < 4.78 is 34.2. The smallest absolute Gasteiger partial charge is 0.246 e. The first-order chi connectivity index (χ1) is 14.6. The molecule has 0 aromatic heterocycles. The zero-order valence-corrected chi connectivity index (χ0v) is 19.5. The SMILES string of the molecule is CCCOc1c(Cl)cc(/C=C/C(=O)N(C)C(C)c2cccc(S(N)(=O)=O)c2)cc1OC. The van der Waals surface area contributed by atoms with Crippen molar-refractivity contribution >= 4 is 33.6 Å². The molecule has 2 aromatic carbocycles. The van der Waals surface area contributed by atoms with E-state index in [4.69, 9.17) is 26.2 Å². The quantitative estimate of drug-likeness (QED) is 0.563. The van der Waals surface area contributed by atoms with Crippen molar-refractivity contribution < 1.29 is 22.7 Å². The molecule has 7 nitrogen and oxygen atoms in total. The van der Waals surface area contributed by atoms with Crippen molar-refractivity contribution in [1.29, 1.82) is 0 Å². The van der Waals surface area contributed by atoms with Crippen LogP contribution >= 0.6 is 11.6 Å². The van der Waals surface area contributed by atoms with Crippen molar-refractivity contribution in [1.82, 2.24) is 4.90 Å². The Morgan fingerprint density at radius 3 is 2.61 bits per heavy atom. The normalized spacial score (nSPS) is 12.6. The van der Waals surface area contributed by atoms with Gasteiger partial charge in [0.05, 0.1) is 29.7 Å². The Balaban J connectivity index is 2.20. The third-order valence-electron chi connectivity index (χ3n) is 4.72. The van der Waals surface area contributed by atoms with Gasteiger partial charge in [-0.3, -0.25) is 4.79 Å². The maximum atomic E-state index is 12.7. The summed E-state index contributed by atoms with van der Waals surface area (Å²) in [4.78, 5) is 14.2. The van der Waals surface area contributed by atoms with Crippen LogP contribution in [0.1, 0.15) is 37.4 Å². The van der Waals surface area contributed by atoms with Crippen LogP contribution in [0.2, 0.25) is 5.02 Å². The predicted molar refractivity (Wildman–Crippen MR) is 122 cm³/mol. The molecule has 0 saturated heterocycles. The Labute approximate surface area is 188 Å². The molecule has 0 heterocycles. The highest BCUT2D eigenvalue weighted by atomic mass is 35.5. The van der Waals surface area contributed by atoms with E-state index in [0.29, 0.717) is 34.3 Å². The monoisotopic (exact) mass is 466 g/mol. The topological polar surface area (TPSA) is 98.9 Å².